The summed E-state index contributed by atoms with van der Waals surface area (Å²) in [6.07, 6.45) is 1.98. The number of aromatic amines is 1. The van der Waals surface area contributed by atoms with Crippen molar-refractivity contribution in [3.05, 3.63) is 95.7 Å². The Balaban J connectivity index is 1.61. The average Bonchev–Trinajstić information content (AvgIpc) is 3.27. The summed E-state index contributed by atoms with van der Waals surface area (Å²) in [5.74, 6) is 0.0649. The first-order chi connectivity index (χ1) is 16.1. The Hall–Kier alpha value is -4.26. The molecule has 33 heavy (non-hydrogen) atoms. The van der Waals surface area contributed by atoms with E-state index in [0.717, 1.165) is 27.8 Å². The molecule has 0 spiro atoms. The first kappa shape index (κ1) is 22.0. The highest BCUT2D eigenvalue weighted by atomic mass is 16.5. The van der Waals surface area contributed by atoms with Crippen molar-refractivity contribution in [1.29, 1.82) is 0 Å². The number of methoxy groups -OCH3 is 1. The number of hydrogen-bond donors (Lipinski definition) is 3. The molecule has 0 saturated carbocycles. The molecule has 0 radical (unpaired) electrons. The minimum Gasteiger partial charge on any atom is -0.497 e. The molecule has 3 aromatic carbocycles. The Bertz CT molecular complexity index is 1260. The summed E-state index contributed by atoms with van der Waals surface area (Å²) in [5, 5.41) is 4.12. The van der Waals surface area contributed by atoms with Crippen LogP contribution in [0.1, 0.15) is 27.4 Å². The highest BCUT2D eigenvalue weighted by Crippen LogP contribution is 2.31. The lowest BCUT2D eigenvalue weighted by Gasteiger charge is -2.19. The van der Waals surface area contributed by atoms with Crippen LogP contribution in [-0.4, -0.2) is 37.1 Å². The minimum atomic E-state index is -0.607. The summed E-state index contributed by atoms with van der Waals surface area (Å²) in [6.45, 7) is 0.0608. The number of hydrogen-bond acceptors (Lipinski definition) is 4. The van der Waals surface area contributed by atoms with Crippen LogP contribution < -0.4 is 20.5 Å². The fourth-order valence-corrected chi connectivity index (χ4v) is 3.84. The van der Waals surface area contributed by atoms with Crippen molar-refractivity contribution in [2.45, 2.75) is 5.92 Å². The second-order valence-electron chi connectivity index (χ2n) is 7.58. The van der Waals surface area contributed by atoms with Crippen LogP contribution >= 0.6 is 0 Å². The Labute approximate surface area is 191 Å². The molecule has 4 N–H and O–H groups in total. The summed E-state index contributed by atoms with van der Waals surface area (Å²) in [4.78, 5) is 27.5. The van der Waals surface area contributed by atoms with E-state index in [1.54, 1.807) is 31.4 Å². The topological polar surface area (TPSA) is 106 Å². The van der Waals surface area contributed by atoms with E-state index in [-0.39, 0.29) is 18.4 Å². The lowest BCUT2D eigenvalue weighted by Crippen LogP contribution is -2.29. The van der Waals surface area contributed by atoms with Crippen LogP contribution in [0.5, 0.6) is 11.5 Å². The van der Waals surface area contributed by atoms with Gasteiger partial charge in [0.2, 0.25) is 0 Å². The maximum Gasteiger partial charge on any atom is 0.255 e. The normalized spacial score (nSPS) is 11.7. The van der Waals surface area contributed by atoms with Crippen molar-refractivity contribution >= 4 is 22.7 Å². The third-order valence-corrected chi connectivity index (χ3v) is 5.48. The summed E-state index contributed by atoms with van der Waals surface area (Å²) < 4.78 is 10.7. The number of H-pyrrole nitrogens is 1. The highest BCUT2D eigenvalue weighted by molar-refractivity contribution is 5.97. The van der Waals surface area contributed by atoms with Gasteiger partial charge in [0.15, 0.2) is 6.61 Å². The zero-order valence-electron chi connectivity index (χ0n) is 18.2. The van der Waals surface area contributed by atoms with Crippen molar-refractivity contribution in [2.75, 3.05) is 20.3 Å². The zero-order valence-corrected chi connectivity index (χ0v) is 18.2. The molecule has 1 atom stereocenters. The second kappa shape index (κ2) is 9.91. The van der Waals surface area contributed by atoms with Gasteiger partial charge in [-0.2, -0.15) is 0 Å². The van der Waals surface area contributed by atoms with Gasteiger partial charge in [-0.3, -0.25) is 9.59 Å². The molecule has 1 aromatic heterocycles. The van der Waals surface area contributed by atoms with Crippen molar-refractivity contribution in [1.82, 2.24) is 10.3 Å². The molecule has 0 saturated heterocycles. The monoisotopic (exact) mass is 443 g/mol. The zero-order chi connectivity index (χ0) is 23.2. The van der Waals surface area contributed by atoms with Gasteiger partial charge in [-0.05, 0) is 41.5 Å². The molecule has 0 aliphatic heterocycles. The van der Waals surface area contributed by atoms with Crippen LogP contribution in [0, 0.1) is 0 Å². The maximum atomic E-state index is 13.0. The van der Waals surface area contributed by atoms with Gasteiger partial charge < -0.3 is 25.5 Å². The second-order valence-corrected chi connectivity index (χ2v) is 7.58. The van der Waals surface area contributed by atoms with Crippen molar-refractivity contribution in [3.63, 3.8) is 0 Å². The van der Waals surface area contributed by atoms with Gasteiger partial charge >= 0.3 is 0 Å². The van der Waals surface area contributed by atoms with E-state index in [4.69, 9.17) is 15.2 Å². The molecule has 0 fully saturated rings. The quantitative estimate of drug-likeness (QED) is 0.367. The number of ether oxygens (including phenoxy) is 2. The van der Waals surface area contributed by atoms with Gasteiger partial charge in [0, 0.05) is 29.6 Å². The summed E-state index contributed by atoms with van der Waals surface area (Å²) in [7, 11) is 1.63. The smallest absolute Gasteiger partial charge is 0.255 e. The van der Waals surface area contributed by atoms with Crippen molar-refractivity contribution in [3.8, 4) is 11.5 Å². The van der Waals surface area contributed by atoms with E-state index in [0.29, 0.717) is 17.9 Å². The van der Waals surface area contributed by atoms with E-state index in [1.165, 1.54) is 0 Å². The number of rotatable bonds is 9. The molecule has 4 rings (SSSR count). The third kappa shape index (κ3) is 4.98. The molecule has 7 nitrogen and oxygen atoms in total. The van der Waals surface area contributed by atoms with E-state index >= 15 is 0 Å². The molecule has 1 unspecified atom stereocenters. The van der Waals surface area contributed by atoms with Crippen LogP contribution in [-0.2, 0) is 4.79 Å². The van der Waals surface area contributed by atoms with Gasteiger partial charge in [-0.1, -0.05) is 42.5 Å². The molecule has 0 aliphatic carbocycles. The van der Waals surface area contributed by atoms with Gasteiger partial charge in [0.05, 0.1) is 12.7 Å². The number of carbonyl (C=O) groups excluding carboxylic acids is 2. The first-order valence-corrected chi connectivity index (χ1v) is 10.5. The third-order valence-electron chi connectivity index (χ3n) is 5.48. The molecular formula is C26H25N3O4. The lowest BCUT2D eigenvalue weighted by atomic mass is 9.90. The van der Waals surface area contributed by atoms with E-state index in [9.17, 15) is 9.59 Å². The number of para-hydroxylation sites is 2. The largest absolute Gasteiger partial charge is 0.497 e. The summed E-state index contributed by atoms with van der Waals surface area (Å²) >= 11 is 0. The Morgan fingerprint density at radius 2 is 1.73 bits per heavy atom. The number of carbonyl (C=O) groups is 2. The Morgan fingerprint density at radius 3 is 2.48 bits per heavy atom. The molecule has 0 aliphatic rings. The van der Waals surface area contributed by atoms with Crippen LogP contribution in [0.3, 0.4) is 0 Å². The van der Waals surface area contributed by atoms with Gasteiger partial charge in [-0.15, -0.1) is 0 Å². The van der Waals surface area contributed by atoms with Gasteiger partial charge in [0.25, 0.3) is 11.8 Å². The van der Waals surface area contributed by atoms with Gasteiger partial charge in [-0.25, -0.2) is 0 Å². The first-order valence-electron chi connectivity index (χ1n) is 10.5. The number of fused-ring (bicyclic) bond motifs is 1. The number of nitrogens with one attached hydrogen (secondary N) is 2. The predicted octanol–water partition coefficient (Wildman–Crippen LogP) is 3.60. The van der Waals surface area contributed by atoms with E-state index < -0.39 is 5.91 Å². The van der Waals surface area contributed by atoms with Crippen molar-refractivity contribution in [2.24, 2.45) is 5.73 Å². The molecular weight excluding hydrogens is 418 g/mol. The standard InChI is InChI=1S/C26H25N3O4/c1-32-18-12-10-17(11-13-18)21(22-15-28-23-8-4-2-6-19(22)23)14-29-26(31)20-7-3-5-9-24(20)33-16-25(27)30/h2-13,15,21,28H,14,16H2,1H3,(H2,27,30)(H,29,31). The molecule has 4 aromatic rings. The fraction of sp³-hybridized carbons (Fsp3) is 0.154. The molecule has 1 heterocycles. The molecule has 0 bridgehead atoms. The number of benzene rings is 3. The molecule has 168 valence electrons. The number of amides is 2. The lowest BCUT2D eigenvalue weighted by molar-refractivity contribution is -0.119. The highest BCUT2D eigenvalue weighted by Gasteiger charge is 2.21. The number of primary amides is 1. The number of aromatic nitrogens is 1. The average molecular weight is 444 g/mol. The SMILES string of the molecule is COc1ccc(C(CNC(=O)c2ccccc2OCC(N)=O)c2c[nH]c3ccccc23)cc1. The van der Waals surface area contributed by atoms with Gasteiger partial charge in [0.1, 0.15) is 11.5 Å². The fourth-order valence-electron chi connectivity index (χ4n) is 3.84. The van der Waals surface area contributed by atoms with E-state index in [1.807, 2.05) is 48.7 Å². The van der Waals surface area contributed by atoms with E-state index in [2.05, 4.69) is 16.4 Å². The van der Waals surface area contributed by atoms with Crippen LogP contribution in [0.15, 0.2) is 79.0 Å². The van der Waals surface area contributed by atoms with Crippen LogP contribution in [0.25, 0.3) is 10.9 Å². The molecule has 2 amide bonds. The minimum absolute atomic E-state index is 0.102. The van der Waals surface area contributed by atoms with Crippen molar-refractivity contribution < 1.29 is 19.1 Å². The maximum absolute atomic E-state index is 13.0. The van der Waals surface area contributed by atoms with Crippen LogP contribution in [0.4, 0.5) is 0 Å². The Morgan fingerprint density at radius 1 is 1.00 bits per heavy atom. The number of nitrogens with two attached hydrogens (primary N) is 1. The summed E-state index contributed by atoms with van der Waals surface area (Å²) in [5.41, 5.74) is 8.66. The predicted molar refractivity (Wildman–Crippen MR) is 127 cm³/mol. The molecule has 7 heteroatoms. The summed E-state index contributed by atoms with van der Waals surface area (Å²) in [6, 6.07) is 22.7. The Kier molecular flexibility index (Phi) is 6.59. The van der Waals surface area contributed by atoms with Crippen LogP contribution in [0.2, 0.25) is 0 Å².